The van der Waals surface area contributed by atoms with Gasteiger partial charge in [0.2, 0.25) is 0 Å². The van der Waals surface area contributed by atoms with Gasteiger partial charge >= 0.3 is 0 Å². The molecule has 0 fully saturated rings. The van der Waals surface area contributed by atoms with Crippen molar-refractivity contribution < 1.29 is 9.31 Å². The average molecular weight is 387 g/mol. The van der Waals surface area contributed by atoms with E-state index in [4.69, 9.17) is 0 Å². The molecule has 3 aromatic rings. The smallest absolute Gasteiger partial charge is 0.270 e. The third kappa shape index (κ3) is 2.89. The number of nitrogens with one attached hydrogen (secondary N) is 1. The van der Waals surface area contributed by atoms with Crippen LogP contribution >= 0.6 is 15.9 Å². The minimum absolute atomic E-state index is 0.109. The maximum absolute atomic E-state index is 13.4. The third-order valence-electron chi connectivity index (χ3n) is 3.37. The second kappa shape index (κ2) is 6.22. The van der Waals surface area contributed by atoms with Crippen LogP contribution in [0.4, 0.5) is 21.5 Å². The number of nitrogens with zero attached hydrogens (tertiary/aromatic N) is 3. The van der Waals surface area contributed by atoms with Crippen LogP contribution < -0.4 is 5.32 Å². The number of anilines is 2. The number of hydrogen-bond donors (Lipinski definition) is 1. The maximum Gasteiger partial charge on any atom is 0.270 e. The Bertz CT molecular complexity index is 1020. The Hall–Kier alpha value is -3.05. The molecule has 0 aliphatic heterocycles. The van der Waals surface area contributed by atoms with Gasteiger partial charge in [0.1, 0.15) is 11.9 Å². The number of nitro groups is 1. The third-order valence-corrected chi connectivity index (χ3v) is 3.98. The van der Waals surface area contributed by atoms with Crippen molar-refractivity contribution in [2.75, 3.05) is 5.32 Å². The molecule has 6 nitrogen and oxygen atoms in total. The molecule has 0 atom stereocenters. The molecule has 8 heteroatoms. The summed E-state index contributed by atoms with van der Waals surface area (Å²) < 4.78 is 13.6. The van der Waals surface area contributed by atoms with Crippen molar-refractivity contribution in [1.29, 1.82) is 5.26 Å². The van der Waals surface area contributed by atoms with E-state index >= 15 is 0 Å². The number of rotatable bonds is 3. The van der Waals surface area contributed by atoms with Gasteiger partial charge in [-0.2, -0.15) is 5.26 Å². The molecule has 3 rings (SSSR count). The first-order valence-corrected chi connectivity index (χ1v) is 7.48. The molecule has 24 heavy (non-hydrogen) atoms. The van der Waals surface area contributed by atoms with Gasteiger partial charge in [0.05, 0.1) is 26.2 Å². The zero-order valence-electron chi connectivity index (χ0n) is 12.0. The molecule has 0 saturated carbocycles. The van der Waals surface area contributed by atoms with Crippen molar-refractivity contribution in [1.82, 2.24) is 4.98 Å². The molecule has 118 valence electrons. The van der Waals surface area contributed by atoms with Crippen LogP contribution in [-0.4, -0.2) is 9.91 Å². The highest BCUT2D eigenvalue weighted by Crippen LogP contribution is 2.32. The van der Waals surface area contributed by atoms with Crippen LogP contribution in [0.25, 0.3) is 10.9 Å². The molecule has 1 aromatic heterocycles. The number of benzene rings is 2. The zero-order chi connectivity index (χ0) is 17.3. The highest BCUT2D eigenvalue weighted by molar-refractivity contribution is 9.10. The van der Waals surface area contributed by atoms with Gasteiger partial charge in [-0.3, -0.25) is 15.1 Å². The molecule has 0 bridgehead atoms. The van der Waals surface area contributed by atoms with E-state index in [0.717, 1.165) is 0 Å². The van der Waals surface area contributed by atoms with E-state index in [1.165, 1.54) is 42.6 Å². The van der Waals surface area contributed by atoms with Crippen molar-refractivity contribution in [3.63, 3.8) is 0 Å². The summed E-state index contributed by atoms with van der Waals surface area (Å²) in [5.74, 6) is -0.420. The molecule has 0 saturated heterocycles. The molecule has 0 aliphatic rings. The molecule has 0 unspecified atom stereocenters. The largest absolute Gasteiger partial charge is 0.354 e. The minimum Gasteiger partial charge on any atom is -0.354 e. The summed E-state index contributed by atoms with van der Waals surface area (Å²) in [6, 6.07) is 10.5. The van der Waals surface area contributed by atoms with Crippen LogP contribution in [0.15, 0.2) is 47.1 Å². The quantitative estimate of drug-likeness (QED) is 0.521. The van der Waals surface area contributed by atoms with E-state index in [-0.39, 0.29) is 15.7 Å². The number of aromatic nitrogens is 1. The summed E-state index contributed by atoms with van der Waals surface area (Å²) in [6.45, 7) is 0. The van der Waals surface area contributed by atoms with Gasteiger partial charge in [0.15, 0.2) is 0 Å². The van der Waals surface area contributed by atoms with Crippen LogP contribution in [0.3, 0.4) is 0 Å². The van der Waals surface area contributed by atoms with Gasteiger partial charge in [0.25, 0.3) is 5.69 Å². The Balaban J connectivity index is 2.19. The summed E-state index contributed by atoms with van der Waals surface area (Å²) in [7, 11) is 0. The molecule has 1 N–H and O–H groups in total. The summed E-state index contributed by atoms with van der Waals surface area (Å²) >= 11 is 3.09. The van der Waals surface area contributed by atoms with Crippen molar-refractivity contribution in [3.8, 4) is 6.07 Å². The van der Waals surface area contributed by atoms with Crippen molar-refractivity contribution in [2.24, 2.45) is 0 Å². The monoisotopic (exact) mass is 386 g/mol. The van der Waals surface area contributed by atoms with E-state index in [9.17, 15) is 19.8 Å². The summed E-state index contributed by atoms with van der Waals surface area (Å²) in [5.41, 5.74) is 1.53. The van der Waals surface area contributed by atoms with Gasteiger partial charge in [-0.1, -0.05) is 0 Å². The second-order valence-electron chi connectivity index (χ2n) is 4.87. The van der Waals surface area contributed by atoms with Gasteiger partial charge in [0, 0.05) is 29.4 Å². The molecule has 2 aromatic carbocycles. The highest BCUT2D eigenvalue weighted by atomic mass is 79.9. The van der Waals surface area contributed by atoms with Gasteiger partial charge in [-0.15, -0.1) is 0 Å². The summed E-state index contributed by atoms with van der Waals surface area (Å²) in [6.07, 6.45) is 1.38. The lowest BCUT2D eigenvalue weighted by molar-refractivity contribution is -0.384. The Labute approximate surface area is 143 Å². The number of nitriles is 1. The van der Waals surface area contributed by atoms with Gasteiger partial charge in [-0.25, -0.2) is 4.39 Å². The van der Waals surface area contributed by atoms with E-state index in [1.807, 2.05) is 6.07 Å². The lowest BCUT2D eigenvalue weighted by atomic mass is 10.1. The van der Waals surface area contributed by atoms with Crippen LogP contribution in [0.2, 0.25) is 0 Å². The second-order valence-corrected chi connectivity index (χ2v) is 5.73. The Morgan fingerprint density at radius 3 is 2.75 bits per heavy atom. The van der Waals surface area contributed by atoms with Crippen LogP contribution in [0.5, 0.6) is 0 Å². The fraction of sp³-hybridized carbons (Fsp3) is 0. The van der Waals surface area contributed by atoms with Crippen molar-refractivity contribution >= 4 is 43.9 Å². The molecule has 1 heterocycles. The number of non-ortho nitro benzene ring substituents is 1. The van der Waals surface area contributed by atoms with Crippen molar-refractivity contribution in [3.05, 3.63) is 68.6 Å². The van der Waals surface area contributed by atoms with E-state index in [1.54, 1.807) is 0 Å². The SMILES string of the molecule is N#Cc1cnc2ccc([N+](=O)[O-])cc2c1Nc1ccc(F)c(Br)c1. The van der Waals surface area contributed by atoms with Crippen molar-refractivity contribution in [2.45, 2.75) is 0 Å². The first-order chi connectivity index (χ1) is 11.5. The number of nitro benzene ring substituents is 1. The normalized spacial score (nSPS) is 10.4. The molecular formula is C16H8BrFN4O2. The van der Waals surface area contributed by atoms with Crippen LogP contribution in [0, 0.1) is 27.3 Å². The predicted octanol–water partition coefficient (Wildman–Crippen LogP) is 4.66. The molecule has 0 radical (unpaired) electrons. The lowest BCUT2D eigenvalue weighted by Crippen LogP contribution is -1.98. The Kier molecular flexibility index (Phi) is 4.10. The van der Waals surface area contributed by atoms with Gasteiger partial charge in [-0.05, 0) is 40.2 Å². The van der Waals surface area contributed by atoms with E-state index in [2.05, 4.69) is 26.2 Å². The predicted molar refractivity (Wildman–Crippen MR) is 90.5 cm³/mol. The fourth-order valence-corrected chi connectivity index (χ4v) is 2.61. The molecule has 0 aliphatic carbocycles. The number of fused-ring (bicyclic) bond motifs is 1. The molecule has 0 amide bonds. The lowest BCUT2D eigenvalue weighted by Gasteiger charge is -2.12. The number of halogens is 2. The van der Waals surface area contributed by atoms with E-state index in [0.29, 0.717) is 22.3 Å². The van der Waals surface area contributed by atoms with E-state index < -0.39 is 10.7 Å². The first-order valence-electron chi connectivity index (χ1n) is 6.69. The highest BCUT2D eigenvalue weighted by Gasteiger charge is 2.14. The number of pyridine rings is 1. The molecule has 0 spiro atoms. The Morgan fingerprint density at radius 2 is 2.08 bits per heavy atom. The maximum atomic E-state index is 13.4. The van der Waals surface area contributed by atoms with Gasteiger partial charge < -0.3 is 5.32 Å². The molecular weight excluding hydrogens is 379 g/mol. The average Bonchev–Trinajstić information content (AvgIpc) is 2.58. The standard InChI is InChI=1S/C16H8BrFN4O2/c17-13-5-10(1-3-14(13)18)21-16-9(7-19)8-20-15-4-2-11(22(23)24)6-12(15)16/h1-6,8H,(H,20,21). The van der Waals surface area contributed by atoms with Crippen LogP contribution in [0.1, 0.15) is 5.56 Å². The number of hydrogen-bond acceptors (Lipinski definition) is 5. The minimum atomic E-state index is -0.517. The summed E-state index contributed by atoms with van der Waals surface area (Å²) in [5, 5.41) is 23.8. The van der Waals surface area contributed by atoms with Crippen LogP contribution in [-0.2, 0) is 0 Å². The zero-order valence-corrected chi connectivity index (χ0v) is 13.5. The fourth-order valence-electron chi connectivity index (χ4n) is 2.23. The topological polar surface area (TPSA) is 91.8 Å². The first kappa shape index (κ1) is 15.8. The summed E-state index contributed by atoms with van der Waals surface area (Å²) in [4.78, 5) is 14.6. The Morgan fingerprint density at radius 1 is 1.29 bits per heavy atom.